The van der Waals surface area contributed by atoms with Gasteiger partial charge in [0.05, 0.1) is 11.8 Å². The molecule has 11 heteroatoms. The van der Waals surface area contributed by atoms with Gasteiger partial charge in [0.25, 0.3) is 0 Å². The van der Waals surface area contributed by atoms with E-state index in [0.717, 1.165) is 17.8 Å². The molecule has 3 aromatic heterocycles. The van der Waals surface area contributed by atoms with Gasteiger partial charge < -0.3 is 5.32 Å². The number of nitrogens with zero attached hydrogens (tertiary/aromatic N) is 4. The maximum absolute atomic E-state index is 14.7. The van der Waals surface area contributed by atoms with Gasteiger partial charge in [-0.2, -0.15) is 18.3 Å². The van der Waals surface area contributed by atoms with Crippen molar-refractivity contribution in [1.29, 1.82) is 0 Å². The standard InChI is InChI=1S/C28H32F5N5O/c1-17-12-27(29,30)10-4-5-19(11-20(17)13-34-24-9-7-22(15-35-24)28(31,32)33)26(39)25-23(8-6-18(2)37-25)21-14-36-38(3)16-21/h6-9,14-17,19-20H,4-5,10-13H2,1-3H3,(H,34,35)/t17-,19?,20?/m1/s1. The highest BCUT2D eigenvalue weighted by molar-refractivity contribution is 6.01. The summed E-state index contributed by atoms with van der Waals surface area (Å²) in [6.07, 6.45) is -0.136. The Balaban J connectivity index is 1.59. The van der Waals surface area contributed by atoms with Crippen molar-refractivity contribution >= 4 is 11.6 Å². The molecule has 1 N–H and O–H groups in total. The average molecular weight is 550 g/mol. The molecule has 0 saturated heterocycles. The van der Waals surface area contributed by atoms with E-state index in [4.69, 9.17) is 0 Å². The van der Waals surface area contributed by atoms with Crippen LogP contribution in [0, 0.1) is 24.7 Å². The Morgan fingerprint density at radius 3 is 2.59 bits per heavy atom. The van der Waals surface area contributed by atoms with Gasteiger partial charge in [-0.05, 0) is 56.2 Å². The fraction of sp³-hybridized carbons (Fsp3) is 0.500. The third kappa shape index (κ3) is 7.19. The number of Topliss-reactive ketones (excluding diaryl/α,β-unsaturated/α-hetero) is 1. The van der Waals surface area contributed by atoms with Crippen molar-refractivity contribution in [1.82, 2.24) is 19.7 Å². The molecule has 0 amide bonds. The molecule has 1 saturated carbocycles. The molecule has 0 radical (unpaired) electrons. The molecule has 6 nitrogen and oxygen atoms in total. The number of anilines is 1. The first-order valence-corrected chi connectivity index (χ1v) is 13.0. The van der Waals surface area contributed by atoms with Crippen molar-refractivity contribution in [3.05, 3.63) is 59.8 Å². The number of hydrogen-bond donors (Lipinski definition) is 1. The first-order chi connectivity index (χ1) is 18.3. The molecule has 1 aliphatic rings. The van der Waals surface area contributed by atoms with Gasteiger partial charge in [0.1, 0.15) is 11.5 Å². The first kappa shape index (κ1) is 28.6. The molecule has 210 valence electrons. The van der Waals surface area contributed by atoms with Gasteiger partial charge in [0.15, 0.2) is 5.78 Å². The van der Waals surface area contributed by atoms with Crippen LogP contribution in [0.4, 0.5) is 27.8 Å². The number of nitrogens with one attached hydrogen (secondary N) is 1. The smallest absolute Gasteiger partial charge is 0.370 e. The van der Waals surface area contributed by atoms with Gasteiger partial charge in [-0.1, -0.05) is 13.0 Å². The van der Waals surface area contributed by atoms with Gasteiger partial charge in [-0.25, -0.2) is 18.7 Å². The van der Waals surface area contributed by atoms with Gasteiger partial charge in [-0.15, -0.1) is 0 Å². The lowest BCUT2D eigenvalue weighted by Gasteiger charge is -2.28. The zero-order valence-corrected chi connectivity index (χ0v) is 22.1. The lowest BCUT2D eigenvalue weighted by Crippen LogP contribution is -2.30. The summed E-state index contributed by atoms with van der Waals surface area (Å²) < 4.78 is 69.7. The van der Waals surface area contributed by atoms with Crippen molar-refractivity contribution in [2.75, 3.05) is 11.9 Å². The van der Waals surface area contributed by atoms with E-state index in [9.17, 15) is 26.7 Å². The van der Waals surface area contributed by atoms with E-state index in [1.54, 1.807) is 38.0 Å². The highest BCUT2D eigenvalue weighted by Gasteiger charge is 2.38. The van der Waals surface area contributed by atoms with E-state index in [1.807, 2.05) is 12.1 Å². The number of aromatic nitrogens is 4. The Morgan fingerprint density at radius 1 is 1.18 bits per heavy atom. The lowest BCUT2D eigenvalue weighted by atomic mass is 9.80. The molecule has 4 rings (SSSR count). The molecule has 0 aromatic carbocycles. The number of halogens is 5. The van der Waals surface area contributed by atoms with E-state index in [0.29, 0.717) is 23.4 Å². The molecule has 1 aliphatic carbocycles. The summed E-state index contributed by atoms with van der Waals surface area (Å²) in [6.45, 7) is 3.72. The van der Waals surface area contributed by atoms with Gasteiger partial charge in [0.2, 0.25) is 5.92 Å². The molecular formula is C28H32F5N5O. The van der Waals surface area contributed by atoms with Crippen LogP contribution >= 0.6 is 0 Å². The monoisotopic (exact) mass is 549 g/mol. The Morgan fingerprint density at radius 2 is 1.95 bits per heavy atom. The van der Waals surface area contributed by atoms with E-state index < -0.39 is 29.5 Å². The molecule has 0 bridgehead atoms. The van der Waals surface area contributed by atoms with Gasteiger partial charge in [-0.3, -0.25) is 9.48 Å². The second kappa shape index (κ2) is 11.4. The molecule has 2 unspecified atom stereocenters. The third-order valence-corrected chi connectivity index (χ3v) is 7.40. The number of carbonyl (C=O) groups is 1. The van der Waals surface area contributed by atoms with Gasteiger partial charge in [0, 0.05) is 61.6 Å². The molecule has 3 heterocycles. The topological polar surface area (TPSA) is 72.7 Å². The number of ketones is 1. The Hall–Kier alpha value is -3.37. The average Bonchev–Trinajstić information content (AvgIpc) is 3.31. The zero-order chi connectivity index (χ0) is 28.4. The van der Waals surface area contributed by atoms with Crippen LogP contribution < -0.4 is 5.32 Å². The fourth-order valence-electron chi connectivity index (χ4n) is 5.22. The second-order valence-electron chi connectivity index (χ2n) is 10.5. The van der Waals surface area contributed by atoms with Crippen LogP contribution in [0.5, 0.6) is 0 Å². The SMILES string of the molecule is Cc1ccc(-c2cnn(C)c2)c(C(=O)C2CCCC(F)(F)C[C@@H](C)C(CNc3ccc(C(F)(F)F)cn3)C2)n1. The molecule has 3 aromatic rings. The second-order valence-corrected chi connectivity index (χ2v) is 10.5. The number of carbonyl (C=O) groups excluding carboxylic acids is 1. The maximum Gasteiger partial charge on any atom is 0.417 e. The minimum absolute atomic E-state index is 0.191. The summed E-state index contributed by atoms with van der Waals surface area (Å²) in [7, 11) is 1.77. The Bertz CT molecular complexity index is 1290. The first-order valence-electron chi connectivity index (χ1n) is 13.0. The number of alkyl halides is 5. The van der Waals surface area contributed by atoms with Crippen LogP contribution in [-0.4, -0.2) is 38.0 Å². The predicted octanol–water partition coefficient (Wildman–Crippen LogP) is 6.97. The van der Waals surface area contributed by atoms with Crippen LogP contribution in [0.3, 0.4) is 0 Å². The minimum Gasteiger partial charge on any atom is -0.370 e. The van der Waals surface area contributed by atoms with Crippen molar-refractivity contribution in [3.8, 4) is 11.1 Å². The number of aryl methyl sites for hydroxylation is 2. The highest BCUT2D eigenvalue weighted by Crippen LogP contribution is 2.39. The molecule has 3 atom stereocenters. The van der Waals surface area contributed by atoms with Crippen molar-refractivity contribution in [3.63, 3.8) is 0 Å². The normalized spacial score (nSPS) is 22.0. The molecule has 39 heavy (non-hydrogen) atoms. The van der Waals surface area contributed by atoms with Crippen LogP contribution in [0.2, 0.25) is 0 Å². The van der Waals surface area contributed by atoms with Crippen LogP contribution in [0.25, 0.3) is 11.1 Å². The highest BCUT2D eigenvalue weighted by atomic mass is 19.4. The summed E-state index contributed by atoms with van der Waals surface area (Å²) >= 11 is 0. The molecule has 0 spiro atoms. The quantitative estimate of drug-likeness (QED) is 0.266. The van der Waals surface area contributed by atoms with E-state index >= 15 is 0 Å². The summed E-state index contributed by atoms with van der Waals surface area (Å²) in [6, 6.07) is 5.78. The van der Waals surface area contributed by atoms with E-state index in [2.05, 4.69) is 20.4 Å². The summed E-state index contributed by atoms with van der Waals surface area (Å²) in [5.74, 6) is -4.20. The zero-order valence-electron chi connectivity index (χ0n) is 22.1. The summed E-state index contributed by atoms with van der Waals surface area (Å²) in [4.78, 5) is 22.3. The minimum atomic E-state index is -4.50. The molecular weight excluding hydrogens is 517 g/mol. The van der Waals surface area contributed by atoms with Crippen LogP contribution in [0.15, 0.2) is 42.9 Å². The van der Waals surface area contributed by atoms with E-state index in [1.165, 1.54) is 6.07 Å². The largest absolute Gasteiger partial charge is 0.417 e. The maximum atomic E-state index is 14.7. The summed E-state index contributed by atoms with van der Waals surface area (Å²) in [5, 5.41) is 7.20. The number of hydrogen-bond acceptors (Lipinski definition) is 5. The number of pyridine rings is 2. The fourth-order valence-corrected chi connectivity index (χ4v) is 5.22. The van der Waals surface area contributed by atoms with Crippen molar-refractivity contribution < 1.29 is 26.7 Å². The van der Waals surface area contributed by atoms with Gasteiger partial charge >= 0.3 is 6.18 Å². The Kier molecular flexibility index (Phi) is 8.37. The molecule has 0 aliphatic heterocycles. The van der Waals surface area contributed by atoms with E-state index in [-0.39, 0.29) is 49.7 Å². The lowest BCUT2D eigenvalue weighted by molar-refractivity contribution is -0.137. The Labute approximate surface area is 224 Å². The number of rotatable bonds is 6. The van der Waals surface area contributed by atoms with Crippen LogP contribution in [0.1, 0.15) is 60.8 Å². The summed E-state index contributed by atoms with van der Waals surface area (Å²) in [5.41, 5.74) is 1.47. The predicted molar refractivity (Wildman–Crippen MR) is 137 cm³/mol. The third-order valence-electron chi connectivity index (χ3n) is 7.40. The molecule has 1 fully saturated rings. The van der Waals surface area contributed by atoms with Crippen molar-refractivity contribution in [2.24, 2.45) is 24.8 Å². The van der Waals surface area contributed by atoms with Crippen LogP contribution in [-0.2, 0) is 13.2 Å². The van der Waals surface area contributed by atoms with Crippen molar-refractivity contribution in [2.45, 2.75) is 58.1 Å².